The molecule has 82 valence electrons. The van der Waals surface area contributed by atoms with E-state index in [0.717, 1.165) is 17.6 Å². The molecule has 1 aliphatic rings. The molecule has 4 heteroatoms. The zero-order valence-corrected chi connectivity index (χ0v) is 11.4. The Morgan fingerprint density at radius 2 is 2.27 bits per heavy atom. The Morgan fingerprint density at radius 3 is 2.93 bits per heavy atom. The van der Waals surface area contributed by atoms with E-state index in [9.17, 15) is 0 Å². The summed E-state index contributed by atoms with van der Waals surface area (Å²) in [5.41, 5.74) is 1.22. The molecule has 0 amide bonds. The topological polar surface area (TPSA) is 16.1 Å². The lowest BCUT2D eigenvalue weighted by molar-refractivity contribution is 0.647. The van der Waals surface area contributed by atoms with Gasteiger partial charge in [-0.05, 0) is 35.8 Å². The van der Waals surface area contributed by atoms with E-state index in [-0.39, 0.29) is 0 Å². The second-order valence-corrected chi connectivity index (χ2v) is 7.11. The molecule has 0 saturated carbocycles. The summed E-state index contributed by atoms with van der Waals surface area (Å²) in [6, 6.07) is 2.14. The molecule has 1 aromatic rings. The molecule has 2 rings (SSSR count). The van der Waals surface area contributed by atoms with Gasteiger partial charge in [0.15, 0.2) is 0 Å². The first-order valence-corrected chi connectivity index (χ1v) is 6.84. The molecule has 1 aliphatic heterocycles. The SMILES string of the molecule is CC1(C)CN(c2cncc(Br)c2)CCS1. The highest BCUT2D eigenvalue weighted by atomic mass is 79.9. The summed E-state index contributed by atoms with van der Waals surface area (Å²) in [5.74, 6) is 1.19. The first-order chi connectivity index (χ1) is 7.07. The first kappa shape index (κ1) is 11.3. The fourth-order valence-electron chi connectivity index (χ4n) is 1.81. The van der Waals surface area contributed by atoms with Gasteiger partial charge in [0.2, 0.25) is 0 Å². The molecule has 0 spiro atoms. The van der Waals surface area contributed by atoms with Gasteiger partial charge < -0.3 is 4.90 Å². The monoisotopic (exact) mass is 286 g/mol. The van der Waals surface area contributed by atoms with Crippen molar-refractivity contribution in [2.75, 3.05) is 23.7 Å². The van der Waals surface area contributed by atoms with Crippen LogP contribution in [0.1, 0.15) is 13.8 Å². The number of hydrogen-bond donors (Lipinski definition) is 0. The van der Waals surface area contributed by atoms with Crippen molar-refractivity contribution in [3.63, 3.8) is 0 Å². The maximum Gasteiger partial charge on any atom is 0.0564 e. The second-order valence-electron chi connectivity index (χ2n) is 4.39. The van der Waals surface area contributed by atoms with Gasteiger partial charge in [0.1, 0.15) is 0 Å². The van der Waals surface area contributed by atoms with E-state index in [0.29, 0.717) is 4.75 Å². The van der Waals surface area contributed by atoms with Crippen molar-refractivity contribution in [3.8, 4) is 0 Å². The van der Waals surface area contributed by atoms with Crippen molar-refractivity contribution in [2.24, 2.45) is 0 Å². The van der Waals surface area contributed by atoms with E-state index in [4.69, 9.17) is 0 Å². The first-order valence-electron chi connectivity index (χ1n) is 5.06. The molecular weight excluding hydrogens is 272 g/mol. The molecule has 2 nitrogen and oxygen atoms in total. The average molecular weight is 287 g/mol. The standard InChI is InChI=1S/C11H15BrN2S/c1-11(2)8-14(3-4-15-11)10-5-9(12)6-13-7-10/h5-7H,3-4,8H2,1-2H3. The lowest BCUT2D eigenvalue weighted by atomic mass is 10.2. The van der Waals surface area contributed by atoms with Crippen molar-refractivity contribution in [3.05, 3.63) is 22.9 Å². The van der Waals surface area contributed by atoms with Crippen molar-refractivity contribution in [1.29, 1.82) is 0 Å². The molecular formula is C11H15BrN2S. The maximum atomic E-state index is 4.21. The van der Waals surface area contributed by atoms with Crippen molar-refractivity contribution >= 4 is 33.4 Å². The van der Waals surface area contributed by atoms with Crippen LogP contribution in [-0.4, -0.2) is 28.6 Å². The predicted molar refractivity (Wildman–Crippen MR) is 70.7 cm³/mol. The summed E-state index contributed by atoms with van der Waals surface area (Å²) in [6.07, 6.45) is 3.77. The highest BCUT2D eigenvalue weighted by Crippen LogP contribution is 2.32. The number of hydrogen-bond acceptors (Lipinski definition) is 3. The van der Waals surface area contributed by atoms with Crippen LogP contribution in [0.4, 0.5) is 5.69 Å². The number of anilines is 1. The van der Waals surface area contributed by atoms with Crippen LogP contribution in [0.2, 0.25) is 0 Å². The Bertz CT molecular complexity index is 354. The fraction of sp³-hybridized carbons (Fsp3) is 0.545. The van der Waals surface area contributed by atoms with Gasteiger partial charge >= 0.3 is 0 Å². The molecule has 0 atom stereocenters. The largest absolute Gasteiger partial charge is 0.368 e. The van der Waals surface area contributed by atoms with Crippen LogP contribution >= 0.6 is 27.7 Å². The molecule has 0 unspecified atom stereocenters. The number of halogens is 1. The Kier molecular flexibility index (Phi) is 3.26. The van der Waals surface area contributed by atoms with Crippen LogP contribution in [0, 0.1) is 0 Å². The Morgan fingerprint density at radius 1 is 1.47 bits per heavy atom. The van der Waals surface area contributed by atoms with Gasteiger partial charge in [0.05, 0.1) is 11.9 Å². The highest BCUT2D eigenvalue weighted by Gasteiger charge is 2.27. The molecule has 0 radical (unpaired) electrons. The molecule has 2 heterocycles. The van der Waals surface area contributed by atoms with Crippen molar-refractivity contribution in [2.45, 2.75) is 18.6 Å². The minimum atomic E-state index is 0.348. The highest BCUT2D eigenvalue weighted by molar-refractivity contribution is 9.10. The zero-order chi connectivity index (χ0) is 10.9. The summed E-state index contributed by atoms with van der Waals surface area (Å²) in [4.78, 5) is 6.62. The van der Waals surface area contributed by atoms with Crippen molar-refractivity contribution in [1.82, 2.24) is 4.98 Å². The van der Waals surface area contributed by atoms with E-state index >= 15 is 0 Å². The summed E-state index contributed by atoms with van der Waals surface area (Å²) in [6.45, 7) is 6.81. The number of aromatic nitrogens is 1. The lowest BCUT2D eigenvalue weighted by Crippen LogP contribution is -2.43. The minimum absolute atomic E-state index is 0.348. The van der Waals surface area contributed by atoms with Gasteiger partial charge in [-0.25, -0.2) is 0 Å². The molecule has 0 N–H and O–H groups in total. The van der Waals surface area contributed by atoms with E-state index in [1.54, 1.807) is 0 Å². The summed E-state index contributed by atoms with van der Waals surface area (Å²) < 4.78 is 1.40. The van der Waals surface area contributed by atoms with Gasteiger partial charge in [-0.15, -0.1) is 0 Å². The van der Waals surface area contributed by atoms with E-state index in [2.05, 4.69) is 45.7 Å². The molecule has 0 bridgehead atoms. The van der Waals surface area contributed by atoms with Gasteiger partial charge in [-0.1, -0.05) is 0 Å². The molecule has 15 heavy (non-hydrogen) atoms. The van der Waals surface area contributed by atoms with Gasteiger partial charge in [-0.2, -0.15) is 11.8 Å². The van der Waals surface area contributed by atoms with Crippen LogP contribution in [0.5, 0.6) is 0 Å². The summed E-state index contributed by atoms with van der Waals surface area (Å²) in [7, 11) is 0. The van der Waals surface area contributed by atoms with E-state index in [1.165, 1.54) is 11.4 Å². The quantitative estimate of drug-likeness (QED) is 0.789. The molecule has 0 aromatic carbocycles. The van der Waals surface area contributed by atoms with Crippen LogP contribution in [0.3, 0.4) is 0 Å². The number of nitrogens with zero attached hydrogens (tertiary/aromatic N) is 2. The summed E-state index contributed by atoms with van der Waals surface area (Å²) in [5, 5.41) is 0. The van der Waals surface area contributed by atoms with E-state index in [1.807, 2.05) is 24.2 Å². The molecule has 1 saturated heterocycles. The Labute approximate surface area is 104 Å². The van der Waals surface area contributed by atoms with Gasteiger partial charge in [-0.3, -0.25) is 4.98 Å². The maximum absolute atomic E-state index is 4.21. The van der Waals surface area contributed by atoms with Gasteiger partial charge in [0, 0.05) is 34.3 Å². The number of pyridine rings is 1. The van der Waals surface area contributed by atoms with E-state index < -0.39 is 0 Å². The molecule has 1 fully saturated rings. The number of thioether (sulfide) groups is 1. The van der Waals surface area contributed by atoms with Crippen LogP contribution in [-0.2, 0) is 0 Å². The minimum Gasteiger partial charge on any atom is -0.368 e. The Hall–Kier alpha value is -0.220. The third-order valence-electron chi connectivity index (χ3n) is 2.48. The van der Waals surface area contributed by atoms with Gasteiger partial charge in [0.25, 0.3) is 0 Å². The second kappa shape index (κ2) is 4.34. The lowest BCUT2D eigenvalue weighted by Gasteiger charge is -2.38. The predicted octanol–water partition coefficient (Wildman–Crippen LogP) is 3.18. The normalized spacial score (nSPS) is 20.3. The zero-order valence-electron chi connectivity index (χ0n) is 9.03. The third-order valence-corrected chi connectivity index (χ3v) is 4.21. The summed E-state index contributed by atoms with van der Waals surface area (Å²) >= 11 is 5.51. The van der Waals surface area contributed by atoms with Crippen LogP contribution in [0.15, 0.2) is 22.9 Å². The van der Waals surface area contributed by atoms with Crippen LogP contribution < -0.4 is 4.90 Å². The smallest absolute Gasteiger partial charge is 0.0564 e. The fourth-order valence-corrected chi connectivity index (χ4v) is 3.27. The Balaban J connectivity index is 2.17. The average Bonchev–Trinajstić information content (AvgIpc) is 2.16. The molecule has 0 aliphatic carbocycles. The van der Waals surface area contributed by atoms with Crippen LogP contribution in [0.25, 0.3) is 0 Å². The van der Waals surface area contributed by atoms with Crippen molar-refractivity contribution < 1.29 is 0 Å². The third kappa shape index (κ3) is 2.88. The molecule has 1 aromatic heterocycles. The number of rotatable bonds is 1.